The van der Waals surface area contributed by atoms with Crippen LogP contribution in [0.1, 0.15) is 5.56 Å². The van der Waals surface area contributed by atoms with Crippen LogP contribution in [0.2, 0.25) is 0 Å². The smallest absolute Gasteiger partial charge is 0.294 e. The lowest BCUT2D eigenvalue weighted by Gasteiger charge is -2.13. The minimum absolute atomic E-state index is 0.00655. The van der Waals surface area contributed by atoms with Crippen LogP contribution in [0.4, 0.5) is 5.69 Å². The number of nitrogens with one attached hydrogen (secondary N) is 1. The van der Waals surface area contributed by atoms with Gasteiger partial charge in [-0.1, -0.05) is 30.3 Å². The van der Waals surface area contributed by atoms with Crippen molar-refractivity contribution in [2.24, 2.45) is 0 Å². The number of phenolic OH excluding ortho intramolecular Hbond substituents is 1. The Labute approximate surface area is 150 Å². The molecule has 136 valence electrons. The van der Waals surface area contributed by atoms with Crippen molar-refractivity contribution in [1.82, 2.24) is 0 Å². The molecule has 0 spiro atoms. The normalized spacial score (nSPS) is 12.2. The van der Waals surface area contributed by atoms with Crippen molar-refractivity contribution in [1.29, 1.82) is 0 Å². The molecule has 3 N–H and O–H groups in total. The van der Waals surface area contributed by atoms with Crippen LogP contribution in [0.25, 0.3) is 10.8 Å². The second kappa shape index (κ2) is 6.27. The summed E-state index contributed by atoms with van der Waals surface area (Å²) in [5.74, 6) is -0.00655. The molecule has 0 saturated heterocycles. The molecule has 26 heavy (non-hydrogen) atoms. The first-order chi connectivity index (χ1) is 12.1. The number of hydrogen-bond acceptors (Lipinski definition) is 5. The van der Waals surface area contributed by atoms with Crippen molar-refractivity contribution >= 4 is 36.6 Å². The van der Waals surface area contributed by atoms with Crippen molar-refractivity contribution in [3.63, 3.8) is 0 Å². The minimum Gasteiger partial charge on any atom is -0.507 e. The standard InChI is InChI=1S/C17H15NO6S2/c1-11-9-16(14-7-2-3-8-15(14)17(11)19)25(20,21)18-12-5-4-6-13(10-12)26(22,23)24/h2-10,18-19H,1H3,(H,22,23,24). The van der Waals surface area contributed by atoms with Gasteiger partial charge in [-0.25, -0.2) is 8.42 Å². The molecule has 3 rings (SSSR count). The molecule has 0 aromatic heterocycles. The molecule has 3 aromatic rings. The number of aryl methyl sites for hydroxylation is 1. The van der Waals surface area contributed by atoms with Gasteiger partial charge in [-0.2, -0.15) is 8.42 Å². The molecular formula is C17H15NO6S2. The van der Waals surface area contributed by atoms with E-state index in [9.17, 15) is 21.9 Å². The fraction of sp³-hybridized carbons (Fsp3) is 0.0588. The summed E-state index contributed by atoms with van der Waals surface area (Å²) in [6.07, 6.45) is 0. The van der Waals surface area contributed by atoms with Gasteiger partial charge in [0.2, 0.25) is 0 Å². The maximum Gasteiger partial charge on any atom is 0.294 e. The predicted octanol–water partition coefficient (Wildman–Crippen LogP) is 2.90. The molecule has 0 atom stereocenters. The minimum atomic E-state index is -4.46. The summed E-state index contributed by atoms with van der Waals surface area (Å²) in [5.41, 5.74) is 0.366. The number of aromatic hydroxyl groups is 1. The lowest BCUT2D eigenvalue weighted by atomic mass is 10.1. The Morgan fingerprint density at radius 2 is 1.54 bits per heavy atom. The van der Waals surface area contributed by atoms with Gasteiger partial charge in [0.15, 0.2) is 0 Å². The molecule has 0 aliphatic heterocycles. The second-order valence-electron chi connectivity index (χ2n) is 5.69. The van der Waals surface area contributed by atoms with Crippen LogP contribution in [-0.2, 0) is 20.1 Å². The molecule has 0 aliphatic rings. The summed E-state index contributed by atoms with van der Waals surface area (Å²) in [5, 5.41) is 10.9. The molecule has 0 aliphatic carbocycles. The highest BCUT2D eigenvalue weighted by atomic mass is 32.2. The van der Waals surface area contributed by atoms with E-state index in [1.54, 1.807) is 31.2 Å². The largest absolute Gasteiger partial charge is 0.507 e. The lowest BCUT2D eigenvalue weighted by Crippen LogP contribution is -2.14. The Morgan fingerprint density at radius 1 is 0.885 bits per heavy atom. The topological polar surface area (TPSA) is 121 Å². The van der Waals surface area contributed by atoms with E-state index in [-0.39, 0.29) is 16.3 Å². The summed E-state index contributed by atoms with van der Waals surface area (Å²) >= 11 is 0. The molecule has 0 bridgehead atoms. The summed E-state index contributed by atoms with van der Waals surface area (Å²) in [7, 11) is -8.54. The summed E-state index contributed by atoms with van der Waals surface area (Å²) in [6.45, 7) is 1.58. The Morgan fingerprint density at radius 3 is 2.19 bits per heavy atom. The van der Waals surface area contributed by atoms with Crippen LogP contribution >= 0.6 is 0 Å². The number of anilines is 1. The van der Waals surface area contributed by atoms with Crippen LogP contribution in [0.5, 0.6) is 5.75 Å². The molecule has 7 nitrogen and oxygen atoms in total. The van der Waals surface area contributed by atoms with Crippen LogP contribution in [0, 0.1) is 6.92 Å². The highest BCUT2D eigenvalue weighted by molar-refractivity contribution is 7.93. The van der Waals surface area contributed by atoms with E-state index in [1.165, 1.54) is 18.2 Å². The maximum atomic E-state index is 12.8. The van der Waals surface area contributed by atoms with Gasteiger partial charge < -0.3 is 5.11 Å². The molecule has 0 radical (unpaired) electrons. The van der Waals surface area contributed by atoms with Crippen molar-refractivity contribution in [3.05, 3.63) is 60.2 Å². The molecule has 0 saturated carbocycles. The van der Waals surface area contributed by atoms with Gasteiger partial charge in [-0.15, -0.1) is 0 Å². The van der Waals surface area contributed by atoms with Crippen molar-refractivity contribution < 1.29 is 26.5 Å². The zero-order chi connectivity index (χ0) is 19.1. The summed E-state index contributed by atoms with van der Waals surface area (Å²) < 4.78 is 59.5. The lowest BCUT2D eigenvalue weighted by molar-refractivity contribution is 0.477. The van der Waals surface area contributed by atoms with Gasteiger partial charge in [-0.3, -0.25) is 9.27 Å². The van der Waals surface area contributed by atoms with E-state index in [0.717, 1.165) is 12.1 Å². The average molecular weight is 393 g/mol. The van der Waals surface area contributed by atoms with Crippen LogP contribution in [0.3, 0.4) is 0 Å². The monoisotopic (exact) mass is 393 g/mol. The van der Waals surface area contributed by atoms with Crippen LogP contribution in [-0.4, -0.2) is 26.5 Å². The Balaban J connectivity index is 2.13. The number of hydrogen-bond donors (Lipinski definition) is 3. The highest BCUT2D eigenvalue weighted by Gasteiger charge is 2.21. The summed E-state index contributed by atoms with van der Waals surface area (Å²) in [4.78, 5) is -0.481. The Bertz CT molecular complexity index is 1220. The molecular weight excluding hydrogens is 378 g/mol. The van der Waals surface area contributed by atoms with Gasteiger partial charge in [0.05, 0.1) is 15.5 Å². The quantitative estimate of drug-likeness (QED) is 0.586. The summed E-state index contributed by atoms with van der Waals surface area (Å²) in [6, 6.07) is 12.7. The van der Waals surface area contributed by atoms with E-state index in [0.29, 0.717) is 16.3 Å². The number of phenols is 1. The van der Waals surface area contributed by atoms with E-state index in [4.69, 9.17) is 4.55 Å². The van der Waals surface area contributed by atoms with E-state index >= 15 is 0 Å². The van der Waals surface area contributed by atoms with Crippen molar-refractivity contribution in [2.75, 3.05) is 4.72 Å². The Hall–Kier alpha value is -2.62. The SMILES string of the molecule is Cc1cc(S(=O)(=O)Nc2cccc(S(=O)(=O)O)c2)c2ccccc2c1O. The molecule has 3 aromatic carbocycles. The van der Waals surface area contributed by atoms with Gasteiger partial charge in [0, 0.05) is 10.8 Å². The number of fused-ring (bicyclic) bond motifs is 1. The average Bonchev–Trinajstić information content (AvgIpc) is 2.57. The molecule has 0 unspecified atom stereocenters. The van der Waals surface area contributed by atoms with Crippen molar-refractivity contribution in [3.8, 4) is 5.75 Å². The zero-order valence-electron chi connectivity index (χ0n) is 13.5. The van der Waals surface area contributed by atoms with Gasteiger partial charge in [0.1, 0.15) is 5.75 Å². The number of sulfonamides is 1. The van der Waals surface area contributed by atoms with E-state index < -0.39 is 25.0 Å². The first-order valence-electron chi connectivity index (χ1n) is 7.41. The van der Waals surface area contributed by atoms with Crippen LogP contribution < -0.4 is 4.72 Å². The first-order valence-corrected chi connectivity index (χ1v) is 10.3. The second-order valence-corrected chi connectivity index (χ2v) is 8.77. The molecule has 0 amide bonds. The number of rotatable bonds is 4. The maximum absolute atomic E-state index is 12.8. The zero-order valence-corrected chi connectivity index (χ0v) is 15.2. The van der Waals surface area contributed by atoms with E-state index in [2.05, 4.69) is 4.72 Å². The fourth-order valence-electron chi connectivity index (χ4n) is 2.61. The Kier molecular flexibility index (Phi) is 4.39. The fourth-order valence-corrected chi connectivity index (χ4v) is 4.49. The number of benzene rings is 3. The molecule has 0 heterocycles. The van der Waals surface area contributed by atoms with Gasteiger partial charge >= 0.3 is 0 Å². The van der Waals surface area contributed by atoms with Crippen molar-refractivity contribution in [2.45, 2.75) is 16.7 Å². The first kappa shape index (κ1) is 18.2. The van der Waals surface area contributed by atoms with Crippen LogP contribution in [0.15, 0.2) is 64.4 Å². The third-order valence-corrected chi connectivity index (χ3v) is 6.11. The van der Waals surface area contributed by atoms with Gasteiger partial charge in [0.25, 0.3) is 20.1 Å². The predicted molar refractivity (Wildman–Crippen MR) is 97.4 cm³/mol. The third-order valence-electron chi connectivity index (χ3n) is 3.84. The molecule has 0 fully saturated rings. The third kappa shape index (κ3) is 3.36. The highest BCUT2D eigenvalue weighted by Crippen LogP contribution is 2.34. The molecule has 9 heteroatoms. The van der Waals surface area contributed by atoms with E-state index in [1.807, 2.05) is 0 Å². The van der Waals surface area contributed by atoms with Gasteiger partial charge in [-0.05, 0) is 36.8 Å².